The number of aromatic amines is 1. The summed E-state index contributed by atoms with van der Waals surface area (Å²) in [5, 5.41) is 10.6. The number of rotatable bonds is 4. The average Bonchev–Trinajstić information content (AvgIpc) is 3.19. The normalized spacial score (nSPS) is 30.8. The monoisotopic (exact) mass is 377 g/mol. The molecule has 4 rings (SSSR count). The number of hydrogen-bond donors (Lipinski definition) is 3. The van der Waals surface area contributed by atoms with Crippen molar-refractivity contribution >= 4 is 35.7 Å². The molecular weight excluding hydrogens is 353 g/mol. The van der Waals surface area contributed by atoms with Crippen LogP contribution in [0.25, 0.3) is 11.0 Å². The van der Waals surface area contributed by atoms with Crippen molar-refractivity contribution in [3.63, 3.8) is 0 Å². The fourth-order valence-electron chi connectivity index (χ4n) is 4.31. The second-order valence-corrected chi connectivity index (χ2v) is 8.25. The Morgan fingerprint density at radius 1 is 1.38 bits per heavy atom. The fourth-order valence-corrected chi connectivity index (χ4v) is 5.01. The number of nitrogens with one attached hydrogen (secondary N) is 1. The molecule has 0 saturated carbocycles. The molecule has 4 heterocycles. The maximum Gasteiger partial charge on any atom is 0.377 e. The van der Waals surface area contributed by atoms with Gasteiger partial charge in [0.05, 0.1) is 11.6 Å². The van der Waals surface area contributed by atoms with Crippen LogP contribution in [-0.2, 0) is 9.47 Å². The number of anilines is 1. The summed E-state index contributed by atoms with van der Waals surface area (Å²) in [6.07, 6.45) is 5.09. The predicted octanol–water partition coefficient (Wildman–Crippen LogP) is 1.26. The molecular formula is C16H24BN5O3S. The van der Waals surface area contributed by atoms with Gasteiger partial charge in [-0.2, -0.15) is 11.8 Å². The number of nitrogens with zero attached hydrogens (tertiary/aromatic N) is 3. The van der Waals surface area contributed by atoms with E-state index >= 15 is 0 Å². The second-order valence-electron chi connectivity index (χ2n) is 7.34. The molecule has 0 aromatic carbocycles. The third-order valence-electron chi connectivity index (χ3n) is 5.17. The molecule has 10 heteroatoms. The van der Waals surface area contributed by atoms with Gasteiger partial charge in [-0.25, -0.2) is 9.97 Å². The summed E-state index contributed by atoms with van der Waals surface area (Å²) in [5.41, 5.74) is 8.38. The van der Waals surface area contributed by atoms with E-state index in [-0.39, 0.29) is 24.3 Å². The van der Waals surface area contributed by atoms with Crippen molar-refractivity contribution in [2.45, 2.75) is 50.7 Å². The SMILES string of the molecule is CSC[C@@H]1[C@H]2OC(C)(C)O[C@H]2[C@H](c2c[nH]c3c(N)ncnc23)N1B(C)O. The minimum Gasteiger partial charge on any atom is -0.437 e. The van der Waals surface area contributed by atoms with Gasteiger partial charge in [-0.1, -0.05) is 0 Å². The highest BCUT2D eigenvalue weighted by Crippen LogP contribution is 2.49. The van der Waals surface area contributed by atoms with Crippen LogP contribution in [-0.4, -0.2) is 67.9 Å². The van der Waals surface area contributed by atoms with Gasteiger partial charge in [0.1, 0.15) is 24.1 Å². The largest absolute Gasteiger partial charge is 0.437 e. The summed E-state index contributed by atoms with van der Waals surface area (Å²) in [6.45, 7) is 5.64. The summed E-state index contributed by atoms with van der Waals surface area (Å²) in [6, 6.07) is -0.159. The molecule has 140 valence electrons. The van der Waals surface area contributed by atoms with Crippen LogP contribution >= 0.6 is 11.8 Å². The van der Waals surface area contributed by atoms with Gasteiger partial charge in [0.2, 0.25) is 0 Å². The van der Waals surface area contributed by atoms with Crippen molar-refractivity contribution < 1.29 is 14.5 Å². The number of fused-ring (bicyclic) bond motifs is 2. The van der Waals surface area contributed by atoms with Crippen molar-refractivity contribution in [3.8, 4) is 0 Å². The first-order chi connectivity index (χ1) is 12.3. The molecule has 4 N–H and O–H groups in total. The van der Waals surface area contributed by atoms with E-state index in [2.05, 4.69) is 26.0 Å². The van der Waals surface area contributed by atoms with E-state index in [1.54, 1.807) is 18.6 Å². The number of H-pyrrole nitrogens is 1. The number of hydrogen-bond acceptors (Lipinski definition) is 8. The number of nitrogen functional groups attached to an aromatic ring is 1. The fraction of sp³-hybridized carbons (Fsp3) is 0.625. The van der Waals surface area contributed by atoms with Crippen LogP contribution in [0.1, 0.15) is 25.5 Å². The van der Waals surface area contributed by atoms with Crippen LogP contribution in [0.5, 0.6) is 0 Å². The first kappa shape index (κ1) is 18.1. The molecule has 2 fully saturated rings. The highest BCUT2D eigenvalue weighted by molar-refractivity contribution is 7.98. The van der Waals surface area contributed by atoms with Gasteiger partial charge >= 0.3 is 7.05 Å². The maximum absolute atomic E-state index is 10.6. The molecule has 2 aromatic rings. The lowest BCUT2D eigenvalue weighted by atomic mass is 9.81. The van der Waals surface area contributed by atoms with E-state index in [0.29, 0.717) is 11.3 Å². The van der Waals surface area contributed by atoms with Crippen LogP contribution in [0.2, 0.25) is 6.82 Å². The molecule has 0 radical (unpaired) electrons. The highest BCUT2D eigenvalue weighted by Gasteiger charge is 2.59. The van der Waals surface area contributed by atoms with Crippen LogP contribution in [0, 0.1) is 0 Å². The minimum atomic E-state index is -0.658. The molecule has 0 amide bonds. The Balaban J connectivity index is 1.84. The van der Waals surface area contributed by atoms with Crippen LogP contribution in [0.15, 0.2) is 12.5 Å². The number of aromatic nitrogens is 3. The summed E-state index contributed by atoms with van der Waals surface area (Å²) in [5.74, 6) is 0.584. The molecule has 0 spiro atoms. The first-order valence-corrected chi connectivity index (χ1v) is 10.1. The van der Waals surface area contributed by atoms with Crippen molar-refractivity contribution in [2.24, 2.45) is 0 Å². The zero-order valence-corrected chi connectivity index (χ0v) is 16.2. The van der Waals surface area contributed by atoms with Crippen molar-refractivity contribution in [2.75, 3.05) is 17.7 Å². The van der Waals surface area contributed by atoms with Gasteiger partial charge in [-0.3, -0.25) is 0 Å². The quantitative estimate of drug-likeness (QED) is 0.684. The maximum atomic E-state index is 10.6. The Kier molecular flexibility index (Phi) is 4.43. The lowest BCUT2D eigenvalue weighted by Crippen LogP contribution is -2.48. The molecule has 0 unspecified atom stereocenters. The van der Waals surface area contributed by atoms with Crippen molar-refractivity contribution in [1.29, 1.82) is 0 Å². The van der Waals surface area contributed by atoms with Gasteiger partial charge in [0.15, 0.2) is 11.6 Å². The molecule has 2 aliphatic heterocycles. The van der Waals surface area contributed by atoms with Gasteiger partial charge in [0.25, 0.3) is 0 Å². The molecule has 0 bridgehead atoms. The molecule has 8 nitrogen and oxygen atoms in total. The molecule has 2 aromatic heterocycles. The molecule has 26 heavy (non-hydrogen) atoms. The summed E-state index contributed by atoms with van der Waals surface area (Å²) in [7, 11) is -0.651. The smallest absolute Gasteiger partial charge is 0.377 e. The molecule has 4 atom stereocenters. The van der Waals surface area contributed by atoms with Crippen molar-refractivity contribution in [3.05, 3.63) is 18.1 Å². The van der Waals surface area contributed by atoms with Gasteiger partial charge in [-0.05, 0) is 26.9 Å². The van der Waals surface area contributed by atoms with E-state index in [1.807, 2.05) is 20.0 Å². The molecule has 2 saturated heterocycles. The Hall–Kier alpha value is -1.33. The Morgan fingerprint density at radius 2 is 2.12 bits per heavy atom. The van der Waals surface area contributed by atoms with E-state index in [0.717, 1.165) is 16.8 Å². The predicted molar refractivity (Wildman–Crippen MR) is 103 cm³/mol. The Morgan fingerprint density at radius 3 is 2.81 bits per heavy atom. The third kappa shape index (κ3) is 2.71. The van der Waals surface area contributed by atoms with Crippen LogP contribution in [0.4, 0.5) is 5.82 Å². The summed E-state index contributed by atoms with van der Waals surface area (Å²) < 4.78 is 12.5. The zero-order chi connectivity index (χ0) is 18.6. The lowest BCUT2D eigenvalue weighted by molar-refractivity contribution is -0.162. The summed E-state index contributed by atoms with van der Waals surface area (Å²) in [4.78, 5) is 13.7. The Labute approximate surface area is 157 Å². The van der Waals surface area contributed by atoms with E-state index in [1.165, 1.54) is 6.33 Å². The van der Waals surface area contributed by atoms with Crippen LogP contribution in [0.3, 0.4) is 0 Å². The topological polar surface area (TPSA) is 110 Å². The number of ether oxygens (including phenoxy) is 2. The number of thioether (sulfide) groups is 1. The van der Waals surface area contributed by atoms with Gasteiger partial charge in [0, 0.05) is 23.6 Å². The van der Waals surface area contributed by atoms with Gasteiger partial charge < -0.3 is 30.0 Å². The van der Waals surface area contributed by atoms with E-state index in [4.69, 9.17) is 15.2 Å². The van der Waals surface area contributed by atoms with E-state index < -0.39 is 12.8 Å². The zero-order valence-electron chi connectivity index (χ0n) is 15.3. The summed E-state index contributed by atoms with van der Waals surface area (Å²) >= 11 is 1.73. The third-order valence-corrected chi connectivity index (χ3v) is 5.84. The molecule has 2 aliphatic rings. The minimum absolute atomic E-state index is 0.0332. The van der Waals surface area contributed by atoms with Gasteiger partial charge in [-0.15, -0.1) is 0 Å². The van der Waals surface area contributed by atoms with Crippen LogP contribution < -0.4 is 5.73 Å². The second kappa shape index (κ2) is 6.38. The highest BCUT2D eigenvalue weighted by atomic mass is 32.2. The number of nitrogens with two attached hydrogens (primary N) is 1. The average molecular weight is 377 g/mol. The first-order valence-electron chi connectivity index (χ1n) is 8.71. The Bertz CT molecular complexity index is 816. The van der Waals surface area contributed by atoms with Crippen molar-refractivity contribution in [1.82, 2.24) is 19.8 Å². The lowest BCUT2D eigenvalue weighted by Gasteiger charge is -2.34. The standard InChI is InChI=1S/C16H24BN5O3S/c1-16(2)24-13-9(6-26-4)22(17(3)23)12(14(13)25-16)8-5-19-11-10(8)20-7-21-15(11)18/h5,7,9,12-14,19,23H,6H2,1-4H3,(H2,18,20,21)/t9-,12+,13-,14+/m1/s1. The van der Waals surface area contributed by atoms with E-state index in [9.17, 15) is 5.02 Å². The molecule has 0 aliphatic carbocycles.